The summed E-state index contributed by atoms with van der Waals surface area (Å²) in [6.45, 7) is 8.71. The molecule has 0 fully saturated rings. The Kier molecular flexibility index (Phi) is 8.28. The van der Waals surface area contributed by atoms with Gasteiger partial charge in [-0.25, -0.2) is 0 Å². The van der Waals surface area contributed by atoms with E-state index in [2.05, 4.69) is 55.3 Å². The molecule has 0 amide bonds. The Labute approximate surface area is 129 Å². The van der Waals surface area contributed by atoms with E-state index in [1.807, 2.05) is 0 Å². The highest BCUT2D eigenvalue weighted by atomic mass is 32.1. The van der Waals surface area contributed by atoms with E-state index in [9.17, 15) is 0 Å². The van der Waals surface area contributed by atoms with E-state index in [0.29, 0.717) is 0 Å². The van der Waals surface area contributed by atoms with Gasteiger partial charge in [0.1, 0.15) is 0 Å². The van der Waals surface area contributed by atoms with Crippen LogP contribution in [0.1, 0.15) is 52.0 Å². The first-order valence-electron chi connectivity index (χ1n) is 7.86. The normalized spacial score (nSPS) is 10.3. The molecule has 0 aromatic heterocycles. The van der Waals surface area contributed by atoms with Crippen molar-refractivity contribution in [2.45, 2.75) is 52.9 Å². The molecule has 1 aromatic rings. The molecule has 0 unspecified atom stereocenters. The van der Waals surface area contributed by atoms with Gasteiger partial charge in [-0.15, -0.1) is 0 Å². The zero-order chi connectivity index (χ0) is 14.8. The summed E-state index contributed by atoms with van der Waals surface area (Å²) in [6, 6.07) is 8.55. The van der Waals surface area contributed by atoms with Gasteiger partial charge in [0.05, 0.1) is 0 Å². The van der Waals surface area contributed by atoms with Crippen molar-refractivity contribution in [3.63, 3.8) is 0 Å². The number of hydrogen-bond donors (Lipinski definition) is 1. The van der Waals surface area contributed by atoms with Crippen molar-refractivity contribution in [2.75, 3.05) is 18.4 Å². The molecular formula is C17H28N2S. The van der Waals surface area contributed by atoms with Crippen LogP contribution in [0.2, 0.25) is 0 Å². The van der Waals surface area contributed by atoms with Gasteiger partial charge in [-0.2, -0.15) is 0 Å². The Morgan fingerprint density at radius 1 is 1.00 bits per heavy atom. The van der Waals surface area contributed by atoms with E-state index >= 15 is 0 Å². The smallest absolute Gasteiger partial charge is 0.173 e. The predicted octanol–water partition coefficient (Wildman–Crippen LogP) is 4.85. The van der Waals surface area contributed by atoms with Crippen molar-refractivity contribution in [1.82, 2.24) is 4.90 Å². The quantitative estimate of drug-likeness (QED) is 0.690. The molecule has 2 nitrogen and oxygen atoms in total. The summed E-state index contributed by atoms with van der Waals surface area (Å²) < 4.78 is 0. The maximum atomic E-state index is 5.56. The topological polar surface area (TPSA) is 15.3 Å². The molecule has 0 saturated carbocycles. The van der Waals surface area contributed by atoms with Crippen LogP contribution < -0.4 is 5.32 Å². The number of aryl methyl sites for hydroxylation is 1. The second kappa shape index (κ2) is 9.76. The molecule has 0 radical (unpaired) electrons. The van der Waals surface area contributed by atoms with Crippen LogP contribution in [-0.4, -0.2) is 23.1 Å². The highest BCUT2D eigenvalue weighted by molar-refractivity contribution is 7.80. The minimum atomic E-state index is 0.858. The average Bonchev–Trinajstić information content (AvgIpc) is 2.48. The monoisotopic (exact) mass is 292 g/mol. The van der Waals surface area contributed by atoms with Crippen molar-refractivity contribution in [3.8, 4) is 0 Å². The fourth-order valence-electron chi connectivity index (χ4n) is 2.04. The number of anilines is 1. The molecule has 0 aliphatic rings. The maximum Gasteiger partial charge on any atom is 0.173 e. The van der Waals surface area contributed by atoms with Gasteiger partial charge in [0.15, 0.2) is 5.11 Å². The Balaban J connectivity index is 2.58. The standard InChI is InChI=1S/C17H28N2S/c1-4-7-13-19(14-8-5-2)17(20)18-16-11-9-15(6-3)10-12-16/h9-12H,4-8,13-14H2,1-3H3,(H,18,20). The van der Waals surface area contributed by atoms with E-state index < -0.39 is 0 Å². The number of unbranched alkanes of at least 4 members (excludes halogenated alkanes) is 2. The molecule has 0 aliphatic carbocycles. The highest BCUT2D eigenvalue weighted by Gasteiger charge is 2.08. The molecule has 0 aliphatic heterocycles. The molecule has 0 heterocycles. The summed E-state index contributed by atoms with van der Waals surface area (Å²) in [5.74, 6) is 0. The van der Waals surface area contributed by atoms with Gasteiger partial charge >= 0.3 is 0 Å². The maximum absolute atomic E-state index is 5.56. The van der Waals surface area contributed by atoms with Gasteiger partial charge in [-0.3, -0.25) is 0 Å². The highest BCUT2D eigenvalue weighted by Crippen LogP contribution is 2.11. The predicted molar refractivity (Wildman–Crippen MR) is 93.4 cm³/mol. The van der Waals surface area contributed by atoms with Crippen LogP contribution in [0.3, 0.4) is 0 Å². The summed E-state index contributed by atoms with van der Waals surface area (Å²) in [6.07, 6.45) is 5.87. The first kappa shape index (κ1) is 17.0. The minimum Gasteiger partial charge on any atom is -0.349 e. The summed E-state index contributed by atoms with van der Waals surface area (Å²) in [4.78, 5) is 2.30. The Bertz CT molecular complexity index is 378. The first-order valence-corrected chi connectivity index (χ1v) is 8.26. The van der Waals surface area contributed by atoms with E-state index in [4.69, 9.17) is 12.2 Å². The molecule has 1 N–H and O–H groups in total. The first-order chi connectivity index (χ1) is 9.71. The van der Waals surface area contributed by atoms with Gasteiger partial charge < -0.3 is 10.2 Å². The second-order valence-corrected chi connectivity index (χ2v) is 5.56. The van der Waals surface area contributed by atoms with Gasteiger partial charge in [0, 0.05) is 18.8 Å². The lowest BCUT2D eigenvalue weighted by Crippen LogP contribution is -2.36. The molecular weight excluding hydrogens is 264 g/mol. The average molecular weight is 292 g/mol. The van der Waals surface area contributed by atoms with Crippen LogP contribution in [0.4, 0.5) is 5.69 Å². The number of nitrogens with zero attached hydrogens (tertiary/aromatic N) is 1. The van der Waals surface area contributed by atoms with Crippen molar-refractivity contribution in [1.29, 1.82) is 0 Å². The lowest BCUT2D eigenvalue weighted by Gasteiger charge is -2.25. The molecule has 0 atom stereocenters. The third-order valence-electron chi connectivity index (χ3n) is 3.46. The fraction of sp³-hybridized carbons (Fsp3) is 0.588. The zero-order valence-corrected chi connectivity index (χ0v) is 13.9. The van der Waals surface area contributed by atoms with E-state index in [1.165, 1.54) is 31.2 Å². The molecule has 0 spiro atoms. The summed E-state index contributed by atoms with van der Waals surface area (Å²) in [5, 5.41) is 4.23. The van der Waals surface area contributed by atoms with Gasteiger partial charge in [0.25, 0.3) is 0 Å². The molecule has 20 heavy (non-hydrogen) atoms. The van der Waals surface area contributed by atoms with Crippen LogP contribution in [0, 0.1) is 0 Å². The minimum absolute atomic E-state index is 0.858. The van der Waals surface area contributed by atoms with Crippen LogP contribution in [0.15, 0.2) is 24.3 Å². The van der Waals surface area contributed by atoms with E-state index in [0.717, 1.165) is 30.3 Å². The van der Waals surface area contributed by atoms with Crippen molar-refractivity contribution < 1.29 is 0 Å². The third kappa shape index (κ3) is 5.91. The Morgan fingerprint density at radius 2 is 1.55 bits per heavy atom. The lowest BCUT2D eigenvalue weighted by molar-refractivity contribution is 0.403. The molecule has 1 aromatic carbocycles. The molecule has 112 valence electrons. The number of thiocarbonyl (C=S) groups is 1. The van der Waals surface area contributed by atoms with E-state index in [-0.39, 0.29) is 0 Å². The van der Waals surface area contributed by atoms with Crippen molar-refractivity contribution >= 4 is 23.0 Å². The Morgan fingerprint density at radius 3 is 2.00 bits per heavy atom. The molecule has 3 heteroatoms. The Hall–Kier alpha value is -1.09. The van der Waals surface area contributed by atoms with Gasteiger partial charge in [-0.1, -0.05) is 45.7 Å². The van der Waals surface area contributed by atoms with Gasteiger partial charge in [-0.05, 0) is 49.2 Å². The van der Waals surface area contributed by atoms with Crippen LogP contribution in [-0.2, 0) is 6.42 Å². The molecule has 0 saturated heterocycles. The summed E-state index contributed by atoms with van der Waals surface area (Å²) >= 11 is 5.56. The fourth-order valence-corrected chi connectivity index (χ4v) is 2.34. The summed E-state index contributed by atoms with van der Waals surface area (Å²) in [7, 11) is 0. The number of rotatable bonds is 8. The van der Waals surface area contributed by atoms with Crippen molar-refractivity contribution in [3.05, 3.63) is 29.8 Å². The van der Waals surface area contributed by atoms with E-state index in [1.54, 1.807) is 0 Å². The van der Waals surface area contributed by atoms with Crippen LogP contribution >= 0.6 is 12.2 Å². The van der Waals surface area contributed by atoms with Crippen molar-refractivity contribution in [2.24, 2.45) is 0 Å². The molecule has 1 rings (SSSR count). The van der Waals surface area contributed by atoms with Crippen LogP contribution in [0.5, 0.6) is 0 Å². The summed E-state index contributed by atoms with van der Waals surface area (Å²) in [5.41, 5.74) is 2.44. The lowest BCUT2D eigenvalue weighted by atomic mass is 10.1. The number of hydrogen-bond acceptors (Lipinski definition) is 1. The largest absolute Gasteiger partial charge is 0.349 e. The van der Waals surface area contributed by atoms with Crippen LogP contribution in [0.25, 0.3) is 0 Å². The SMILES string of the molecule is CCCCN(CCCC)C(=S)Nc1ccc(CC)cc1. The molecule has 0 bridgehead atoms. The third-order valence-corrected chi connectivity index (χ3v) is 3.82. The number of nitrogens with one attached hydrogen (secondary N) is 1. The van der Waals surface area contributed by atoms with Gasteiger partial charge in [0.2, 0.25) is 0 Å². The number of benzene rings is 1. The second-order valence-electron chi connectivity index (χ2n) is 5.17. The zero-order valence-electron chi connectivity index (χ0n) is 13.1.